The van der Waals surface area contributed by atoms with Crippen molar-refractivity contribution in [1.82, 2.24) is 4.90 Å². The maximum absolute atomic E-state index is 13.2. The smallest absolute Gasteiger partial charge is 0.416 e. The lowest BCUT2D eigenvalue weighted by atomic mass is 10.1. The van der Waals surface area contributed by atoms with E-state index in [1.807, 2.05) is 17.0 Å². The van der Waals surface area contributed by atoms with Crippen molar-refractivity contribution in [1.29, 1.82) is 0 Å². The number of ether oxygens (including phenoxy) is 3. The minimum Gasteiger partial charge on any atom is -0.496 e. The highest BCUT2D eigenvalue weighted by molar-refractivity contribution is 5.94. The molecule has 1 aliphatic heterocycles. The molecule has 0 spiro atoms. The molecule has 0 unspecified atom stereocenters. The summed E-state index contributed by atoms with van der Waals surface area (Å²) >= 11 is 0. The van der Waals surface area contributed by atoms with E-state index in [9.17, 15) is 18.0 Å². The van der Waals surface area contributed by atoms with Crippen molar-refractivity contribution in [3.63, 3.8) is 0 Å². The predicted octanol–water partition coefficient (Wildman–Crippen LogP) is 5.26. The Balaban J connectivity index is 1.43. The van der Waals surface area contributed by atoms with E-state index in [0.29, 0.717) is 60.2 Å². The molecule has 0 atom stereocenters. The highest BCUT2D eigenvalue weighted by atomic mass is 19.4. The zero-order valence-corrected chi connectivity index (χ0v) is 20.0. The van der Waals surface area contributed by atoms with E-state index in [2.05, 4.69) is 0 Å². The van der Waals surface area contributed by atoms with Crippen LogP contribution < -0.4 is 19.1 Å². The number of alkyl halides is 3. The van der Waals surface area contributed by atoms with Crippen molar-refractivity contribution in [3.8, 4) is 17.2 Å². The summed E-state index contributed by atoms with van der Waals surface area (Å²) in [5.74, 6) is 1.61. The quantitative estimate of drug-likeness (QED) is 0.443. The maximum Gasteiger partial charge on any atom is 0.416 e. The van der Waals surface area contributed by atoms with Gasteiger partial charge in [0, 0.05) is 43.0 Å². The minimum atomic E-state index is -4.39. The van der Waals surface area contributed by atoms with E-state index in [-0.39, 0.29) is 12.5 Å². The molecule has 0 aromatic heterocycles. The molecule has 3 aromatic rings. The first-order valence-corrected chi connectivity index (χ1v) is 11.4. The number of carbonyl (C=O) groups excluding carboxylic acids is 1. The fraction of sp³-hybridized carbons (Fsp3) is 0.296. The number of anilines is 1. The number of halogens is 3. The van der Waals surface area contributed by atoms with Crippen molar-refractivity contribution >= 4 is 11.6 Å². The first kappa shape index (κ1) is 25.2. The average Bonchev–Trinajstić information content (AvgIpc) is 2.91. The number of amides is 1. The highest BCUT2D eigenvalue weighted by Crippen LogP contribution is 2.32. The Labute approximate surface area is 207 Å². The molecule has 1 heterocycles. The number of hydrogen-bond donors (Lipinski definition) is 0. The Morgan fingerprint density at radius 2 is 1.53 bits per heavy atom. The van der Waals surface area contributed by atoms with Crippen LogP contribution in [0.5, 0.6) is 17.2 Å². The van der Waals surface area contributed by atoms with E-state index < -0.39 is 11.7 Å². The monoisotopic (exact) mass is 500 g/mol. The maximum atomic E-state index is 13.2. The molecule has 1 saturated heterocycles. The summed E-state index contributed by atoms with van der Waals surface area (Å²) in [5.41, 5.74) is 1.01. The van der Waals surface area contributed by atoms with E-state index in [4.69, 9.17) is 14.2 Å². The Kier molecular flexibility index (Phi) is 7.57. The molecule has 0 N–H and O–H groups in total. The van der Waals surface area contributed by atoms with Crippen LogP contribution in [0, 0.1) is 0 Å². The molecule has 9 heteroatoms. The Morgan fingerprint density at radius 1 is 0.833 bits per heavy atom. The van der Waals surface area contributed by atoms with Gasteiger partial charge in [-0.05, 0) is 48.5 Å². The fourth-order valence-electron chi connectivity index (χ4n) is 4.15. The fourth-order valence-corrected chi connectivity index (χ4v) is 4.15. The second-order valence-corrected chi connectivity index (χ2v) is 8.29. The molecule has 36 heavy (non-hydrogen) atoms. The van der Waals surface area contributed by atoms with E-state index in [1.54, 1.807) is 55.5 Å². The number of piperazine rings is 1. The van der Waals surface area contributed by atoms with Crippen molar-refractivity contribution in [2.75, 3.05) is 45.3 Å². The molecule has 0 radical (unpaired) electrons. The molecule has 3 aromatic carbocycles. The van der Waals surface area contributed by atoms with E-state index in [1.165, 1.54) is 6.07 Å². The predicted molar refractivity (Wildman–Crippen MR) is 130 cm³/mol. The summed E-state index contributed by atoms with van der Waals surface area (Å²) in [4.78, 5) is 16.8. The van der Waals surface area contributed by atoms with Crippen LogP contribution in [0.15, 0.2) is 66.7 Å². The van der Waals surface area contributed by atoms with Crippen molar-refractivity contribution in [3.05, 3.63) is 83.4 Å². The van der Waals surface area contributed by atoms with Crippen LogP contribution >= 0.6 is 0 Å². The molecule has 6 nitrogen and oxygen atoms in total. The van der Waals surface area contributed by atoms with Gasteiger partial charge in [-0.1, -0.05) is 18.2 Å². The zero-order chi connectivity index (χ0) is 25.7. The van der Waals surface area contributed by atoms with Gasteiger partial charge in [0.2, 0.25) is 0 Å². The van der Waals surface area contributed by atoms with Crippen LogP contribution in [0.2, 0.25) is 0 Å². The minimum absolute atomic E-state index is 0.153. The lowest BCUT2D eigenvalue weighted by molar-refractivity contribution is -0.137. The summed E-state index contributed by atoms with van der Waals surface area (Å²) in [5, 5.41) is 0. The number of methoxy groups -OCH3 is 2. The van der Waals surface area contributed by atoms with Crippen LogP contribution in [-0.4, -0.2) is 51.2 Å². The van der Waals surface area contributed by atoms with Gasteiger partial charge in [-0.15, -0.1) is 0 Å². The van der Waals surface area contributed by atoms with Crippen LogP contribution in [-0.2, 0) is 12.8 Å². The van der Waals surface area contributed by atoms with E-state index in [0.717, 1.165) is 12.1 Å². The molecule has 1 aliphatic rings. The van der Waals surface area contributed by atoms with Crippen LogP contribution in [0.1, 0.15) is 21.5 Å². The summed E-state index contributed by atoms with van der Waals surface area (Å²) in [6.45, 7) is 1.84. The number of benzene rings is 3. The average molecular weight is 501 g/mol. The van der Waals surface area contributed by atoms with Gasteiger partial charge >= 0.3 is 6.18 Å². The second kappa shape index (κ2) is 10.8. The van der Waals surface area contributed by atoms with Gasteiger partial charge in [0.05, 0.1) is 19.8 Å². The molecule has 1 amide bonds. The van der Waals surface area contributed by atoms with Gasteiger partial charge in [-0.25, -0.2) is 0 Å². The van der Waals surface area contributed by atoms with Crippen molar-refractivity contribution < 1.29 is 32.2 Å². The normalized spacial score (nSPS) is 13.9. The van der Waals surface area contributed by atoms with Gasteiger partial charge in [0.25, 0.3) is 5.91 Å². The molecule has 0 aliphatic carbocycles. The van der Waals surface area contributed by atoms with Crippen LogP contribution in [0.4, 0.5) is 18.9 Å². The number of hydrogen-bond acceptors (Lipinski definition) is 5. The topological polar surface area (TPSA) is 51.2 Å². The summed E-state index contributed by atoms with van der Waals surface area (Å²) < 4.78 is 55.9. The Morgan fingerprint density at radius 3 is 2.19 bits per heavy atom. The van der Waals surface area contributed by atoms with Gasteiger partial charge in [-0.2, -0.15) is 13.2 Å². The standard InChI is InChI=1S/C27H27F3N2O4/c1-34-23-11-10-19(16-20(23)18-36-25-9-4-3-8-24(25)35-2)26(33)32-14-12-31(13-15-32)22-7-5-6-21(17-22)27(28,29)30/h3-11,16-17H,12-15,18H2,1-2H3. The first-order chi connectivity index (χ1) is 17.3. The van der Waals surface area contributed by atoms with Gasteiger partial charge in [0.15, 0.2) is 11.5 Å². The molecule has 4 rings (SSSR count). The molecular formula is C27H27F3N2O4. The van der Waals surface area contributed by atoms with Gasteiger partial charge < -0.3 is 24.0 Å². The van der Waals surface area contributed by atoms with Crippen molar-refractivity contribution in [2.24, 2.45) is 0 Å². The molecule has 0 bridgehead atoms. The lowest BCUT2D eigenvalue weighted by Crippen LogP contribution is -2.48. The zero-order valence-electron chi connectivity index (χ0n) is 20.0. The van der Waals surface area contributed by atoms with Crippen LogP contribution in [0.3, 0.4) is 0 Å². The third-order valence-electron chi connectivity index (χ3n) is 6.09. The number of rotatable bonds is 7. The summed E-state index contributed by atoms with van der Waals surface area (Å²) in [7, 11) is 3.12. The SMILES string of the molecule is COc1ccc(C(=O)N2CCN(c3cccc(C(F)(F)F)c3)CC2)cc1COc1ccccc1OC. The number of para-hydroxylation sites is 2. The van der Waals surface area contributed by atoms with Crippen LogP contribution in [0.25, 0.3) is 0 Å². The van der Waals surface area contributed by atoms with Crippen molar-refractivity contribution in [2.45, 2.75) is 12.8 Å². The number of nitrogens with zero attached hydrogens (tertiary/aromatic N) is 2. The number of carbonyl (C=O) groups is 1. The van der Waals surface area contributed by atoms with E-state index >= 15 is 0 Å². The highest BCUT2D eigenvalue weighted by Gasteiger charge is 2.31. The molecule has 0 saturated carbocycles. The Hall–Kier alpha value is -3.88. The summed E-state index contributed by atoms with van der Waals surface area (Å²) in [6, 6.07) is 17.7. The summed E-state index contributed by atoms with van der Waals surface area (Å²) in [6.07, 6.45) is -4.39. The molecular weight excluding hydrogens is 473 g/mol. The largest absolute Gasteiger partial charge is 0.496 e. The molecule has 190 valence electrons. The third-order valence-corrected chi connectivity index (χ3v) is 6.09. The lowest BCUT2D eigenvalue weighted by Gasteiger charge is -2.36. The van der Waals surface area contributed by atoms with Gasteiger partial charge in [0.1, 0.15) is 12.4 Å². The molecule has 1 fully saturated rings. The first-order valence-electron chi connectivity index (χ1n) is 11.4. The van der Waals surface area contributed by atoms with Gasteiger partial charge in [-0.3, -0.25) is 4.79 Å². The third kappa shape index (κ3) is 5.67. The second-order valence-electron chi connectivity index (χ2n) is 8.29. The Bertz CT molecular complexity index is 1210.